The van der Waals surface area contributed by atoms with Crippen LogP contribution in [0.4, 0.5) is 0 Å². The Morgan fingerprint density at radius 1 is 1.41 bits per heavy atom. The van der Waals surface area contributed by atoms with E-state index in [4.69, 9.17) is 0 Å². The summed E-state index contributed by atoms with van der Waals surface area (Å²) in [5.74, 6) is -0.0461. The number of hydrogen-bond acceptors (Lipinski definition) is 6. The second-order valence-corrected chi connectivity index (χ2v) is 9.26. The Hall–Kier alpha value is -2.04. The molecule has 2 aromatic rings. The summed E-state index contributed by atoms with van der Waals surface area (Å²) in [6, 6.07) is -0.231. The molecule has 4 heterocycles. The van der Waals surface area contributed by atoms with Crippen LogP contribution in [0.3, 0.4) is 0 Å². The van der Waals surface area contributed by atoms with Crippen LogP contribution in [0.2, 0.25) is 0 Å². The summed E-state index contributed by atoms with van der Waals surface area (Å²) in [5.41, 5.74) is 0.859. The van der Waals surface area contributed by atoms with Crippen LogP contribution in [0.1, 0.15) is 31.4 Å². The molecular weight excluding hydrogens is 368 g/mol. The largest absolute Gasteiger partial charge is 0.349 e. The first-order valence-electron chi connectivity index (χ1n) is 9.14. The lowest BCUT2D eigenvalue weighted by atomic mass is 9.85. The third-order valence-electron chi connectivity index (χ3n) is 5.45. The minimum absolute atomic E-state index is 0.0461. The minimum Gasteiger partial charge on any atom is -0.349 e. The number of nitrogens with zero attached hydrogens (tertiary/aromatic N) is 4. The molecule has 10 heteroatoms. The maximum Gasteiger partial charge on any atom is 0.240 e. The lowest BCUT2D eigenvalue weighted by molar-refractivity contribution is -0.134. The third kappa shape index (κ3) is 3.69. The normalized spacial score (nSPS) is 26.2. The van der Waals surface area contributed by atoms with Crippen LogP contribution in [0, 0.1) is 0 Å². The molecule has 2 aromatic heterocycles. The van der Waals surface area contributed by atoms with Crippen molar-refractivity contribution in [2.24, 2.45) is 0 Å². The Balaban J connectivity index is 1.48. The van der Waals surface area contributed by atoms with Crippen molar-refractivity contribution in [2.75, 3.05) is 19.3 Å². The van der Waals surface area contributed by atoms with Crippen molar-refractivity contribution in [3.8, 4) is 0 Å². The third-order valence-corrected chi connectivity index (χ3v) is 6.21. The fourth-order valence-corrected chi connectivity index (χ4v) is 5.14. The quantitative estimate of drug-likeness (QED) is 0.735. The molecule has 146 valence electrons. The number of aromatic nitrogens is 3. The van der Waals surface area contributed by atoms with Gasteiger partial charge in [-0.3, -0.25) is 14.7 Å². The lowest BCUT2D eigenvalue weighted by Gasteiger charge is -2.40. The highest BCUT2D eigenvalue weighted by atomic mass is 32.2. The Morgan fingerprint density at radius 2 is 2.26 bits per heavy atom. The van der Waals surface area contributed by atoms with E-state index in [0.717, 1.165) is 43.4 Å². The second-order valence-electron chi connectivity index (χ2n) is 7.48. The fraction of sp³-hybridized carbons (Fsp3) is 0.588. The van der Waals surface area contributed by atoms with E-state index in [1.54, 1.807) is 12.4 Å². The van der Waals surface area contributed by atoms with E-state index < -0.39 is 15.6 Å². The number of sulfonamides is 1. The van der Waals surface area contributed by atoms with Gasteiger partial charge in [-0.25, -0.2) is 18.1 Å². The number of rotatable bonds is 5. The highest BCUT2D eigenvalue weighted by molar-refractivity contribution is 7.88. The van der Waals surface area contributed by atoms with Crippen LogP contribution in [-0.2, 0) is 21.4 Å². The predicted molar refractivity (Wildman–Crippen MR) is 99.4 cm³/mol. The molecule has 2 aliphatic heterocycles. The Morgan fingerprint density at radius 3 is 3.04 bits per heavy atom. The number of imidazole rings is 1. The van der Waals surface area contributed by atoms with Crippen LogP contribution >= 0.6 is 0 Å². The maximum atomic E-state index is 13.1. The van der Waals surface area contributed by atoms with Gasteiger partial charge < -0.3 is 9.72 Å². The monoisotopic (exact) mass is 392 g/mol. The van der Waals surface area contributed by atoms with Crippen LogP contribution in [-0.4, -0.2) is 64.5 Å². The van der Waals surface area contributed by atoms with Gasteiger partial charge in [-0.2, -0.15) is 0 Å². The second kappa shape index (κ2) is 6.84. The van der Waals surface area contributed by atoms with Crippen molar-refractivity contribution in [3.63, 3.8) is 0 Å². The van der Waals surface area contributed by atoms with Gasteiger partial charge in [0.05, 0.1) is 24.7 Å². The molecule has 2 atom stereocenters. The van der Waals surface area contributed by atoms with Crippen molar-refractivity contribution >= 4 is 21.6 Å². The zero-order valence-corrected chi connectivity index (χ0v) is 16.1. The molecule has 1 amide bonds. The van der Waals surface area contributed by atoms with Gasteiger partial charge in [-0.15, -0.1) is 0 Å². The summed E-state index contributed by atoms with van der Waals surface area (Å²) in [7, 11) is -3.30. The Kier molecular flexibility index (Phi) is 4.65. The van der Waals surface area contributed by atoms with Gasteiger partial charge in [-0.1, -0.05) is 0 Å². The van der Waals surface area contributed by atoms with Crippen molar-refractivity contribution in [1.29, 1.82) is 0 Å². The first kappa shape index (κ1) is 18.3. The molecule has 0 saturated carbocycles. The smallest absolute Gasteiger partial charge is 0.240 e. The fourth-order valence-electron chi connectivity index (χ4n) is 4.38. The molecule has 4 rings (SSSR count). The molecule has 2 saturated heterocycles. The minimum atomic E-state index is -3.30. The SMILES string of the molecule is CS(=O)(=O)N[C@@H]1CN2CCCC[C@@]2(C(=O)NCc2cn3ccncc3n2)C1. The number of nitrogens with one attached hydrogen (secondary N) is 2. The van der Waals surface area contributed by atoms with Crippen molar-refractivity contribution in [1.82, 2.24) is 29.3 Å². The molecule has 2 fully saturated rings. The van der Waals surface area contributed by atoms with E-state index in [2.05, 4.69) is 24.9 Å². The molecular formula is C17H24N6O3S. The van der Waals surface area contributed by atoms with Gasteiger partial charge in [0, 0.05) is 31.2 Å². The molecule has 0 bridgehead atoms. The van der Waals surface area contributed by atoms with E-state index in [-0.39, 0.29) is 11.9 Å². The van der Waals surface area contributed by atoms with Crippen LogP contribution in [0.25, 0.3) is 5.65 Å². The molecule has 2 N–H and O–H groups in total. The van der Waals surface area contributed by atoms with E-state index in [1.165, 1.54) is 0 Å². The number of hydrogen-bond donors (Lipinski definition) is 2. The van der Waals surface area contributed by atoms with Gasteiger partial charge in [0.25, 0.3) is 0 Å². The van der Waals surface area contributed by atoms with Crippen molar-refractivity contribution < 1.29 is 13.2 Å². The van der Waals surface area contributed by atoms with E-state index in [9.17, 15) is 13.2 Å². The molecule has 2 aliphatic rings. The molecule has 0 radical (unpaired) electrons. The van der Waals surface area contributed by atoms with E-state index in [0.29, 0.717) is 19.5 Å². The maximum absolute atomic E-state index is 13.1. The average Bonchev–Trinajstić information content (AvgIpc) is 3.18. The summed E-state index contributed by atoms with van der Waals surface area (Å²) in [5, 5.41) is 3.02. The van der Waals surface area contributed by atoms with Crippen molar-refractivity contribution in [2.45, 2.75) is 43.8 Å². The first-order chi connectivity index (χ1) is 12.9. The van der Waals surface area contributed by atoms with Gasteiger partial charge in [0.2, 0.25) is 15.9 Å². The number of amides is 1. The average molecular weight is 392 g/mol. The van der Waals surface area contributed by atoms with Gasteiger partial charge in [0.1, 0.15) is 5.54 Å². The summed E-state index contributed by atoms with van der Waals surface area (Å²) in [6.45, 7) is 1.72. The summed E-state index contributed by atoms with van der Waals surface area (Å²) in [6.07, 6.45) is 11.4. The Bertz CT molecular complexity index is 925. The predicted octanol–water partition coefficient (Wildman–Crippen LogP) is -0.108. The first-order valence-corrected chi connectivity index (χ1v) is 11.0. The zero-order chi connectivity index (χ0) is 19.1. The highest BCUT2D eigenvalue weighted by Gasteiger charge is 2.52. The van der Waals surface area contributed by atoms with Crippen LogP contribution in [0.15, 0.2) is 24.8 Å². The molecule has 0 unspecified atom stereocenters. The number of fused-ring (bicyclic) bond motifs is 2. The highest BCUT2D eigenvalue weighted by Crippen LogP contribution is 2.38. The summed E-state index contributed by atoms with van der Waals surface area (Å²) >= 11 is 0. The molecule has 27 heavy (non-hydrogen) atoms. The molecule has 0 aromatic carbocycles. The van der Waals surface area contributed by atoms with Crippen molar-refractivity contribution in [3.05, 3.63) is 30.5 Å². The van der Waals surface area contributed by atoms with E-state index in [1.807, 2.05) is 16.8 Å². The molecule has 0 spiro atoms. The van der Waals surface area contributed by atoms with Crippen LogP contribution in [0.5, 0.6) is 0 Å². The standard InChI is InChI=1S/C17H24N6O3S/c1-27(25,26)21-13-8-17(4-2-3-6-23(17)12-13)16(24)19-9-14-11-22-7-5-18-10-15(22)20-14/h5,7,10-11,13,21H,2-4,6,8-9,12H2,1H3,(H,19,24)/t13-,17-/m0/s1. The lowest BCUT2D eigenvalue weighted by Crippen LogP contribution is -2.57. The number of piperidine rings is 1. The van der Waals surface area contributed by atoms with Gasteiger partial charge >= 0.3 is 0 Å². The van der Waals surface area contributed by atoms with E-state index >= 15 is 0 Å². The van der Waals surface area contributed by atoms with Gasteiger partial charge in [-0.05, 0) is 32.2 Å². The number of carbonyl (C=O) groups excluding carboxylic acids is 1. The van der Waals surface area contributed by atoms with Gasteiger partial charge in [0.15, 0.2) is 5.65 Å². The van der Waals surface area contributed by atoms with Crippen LogP contribution < -0.4 is 10.0 Å². The summed E-state index contributed by atoms with van der Waals surface area (Å²) < 4.78 is 27.8. The zero-order valence-electron chi connectivity index (χ0n) is 15.3. The number of carbonyl (C=O) groups is 1. The molecule has 9 nitrogen and oxygen atoms in total. The topological polar surface area (TPSA) is 109 Å². The molecule has 0 aliphatic carbocycles. The Labute approximate surface area is 158 Å². The summed E-state index contributed by atoms with van der Waals surface area (Å²) in [4.78, 5) is 23.8.